The highest BCUT2D eigenvalue weighted by molar-refractivity contribution is 5.95. The van der Waals surface area contributed by atoms with Crippen molar-refractivity contribution in [3.05, 3.63) is 46.5 Å². The molecule has 13 heteroatoms. The van der Waals surface area contributed by atoms with Crippen LogP contribution in [0.15, 0.2) is 12.1 Å². The summed E-state index contributed by atoms with van der Waals surface area (Å²) in [7, 11) is 1.45. The molecule has 162 valence electrons. The number of anilines is 1. The molecule has 0 fully saturated rings. The van der Waals surface area contributed by atoms with E-state index in [1.54, 1.807) is 5.32 Å². The minimum atomic E-state index is -4.64. The lowest BCUT2D eigenvalue weighted by molar-refractivity contribution is -0.149. The number of nitrogens with zero attached hydrogens (tertiary/aromatic N) is 3. The Morgan fingerprint density at radius 3 is 2.30 bits per heavy atom. The topological polar surface area (TPSA) is 79.3 Å². The average Bonchev–Trinajstić information content (AvgIpc) is 3.19. The third kappa shape index (κ3) is 4.04. The van der Waals surface area contributed by atoms with Crippen LogP contribution in [-0.4, -0.2) is 38.8 Å². The van der Waals surface area contributed by atoms with Gasteiger partial charge in [0.25, 0.3) is 5.91 Å². The standard InChI is InChI=1S/C17H15F6N5O2/c1-7(17(21,22)23)24-15(29)14-9-5-28(6-12(9)27(2)26-14)16(30)25-8-3-10(18)13(20)11(19)4-8/h3-4,7H,5-6H2,1-2H3,(H,24,29)(H,25,30)/t7-/m1/s1. The second kappa shape index (κ2) is 7.54. The number of fused-ring (bicyclic) bond motifs is 1. The number of amides is 3. The highest BCUT2D eigenvalue weighted by Crippen LogP contribution is 2.27. The number of halogens is 6. The predicted octanol–water partition coefficient (Wildman–Crippen LogP) is 3.07. The van der Waals surface area contributed by atoms with Crippen LogP contribution in [0.4, 0.5) is 36.8 Å². The van der Waals surface area contributed by atoms with Crippen molar-refractivity contribution in [3.8, 4) is 0 Å². The monoisotopic (exact) mass is 435 g/mol. The van der Waals surface area contributed by atoms with Crippen molar-refractivity contribution in [1.82, 2.24) is 20.0 Å². The summed E-state index contributed by atoms with van der Waals surface area (Å²) in [5.41, 5.74) is 0.0580. The molecule has 7 nitrogen and oxygen atoms in total. The van der Waals surface area contributed by atoms with Crippen LogP contribution >= 0.6 is 0 Å². The van der Waals surface area contributed by atoms with Gasteiger partial charge in [-0.2, -0.15) is 18.3 Å². The number of urea groups is 1. The molecule has 2 N–H and O–H groups in total. The number of rotatable bonds is 3. The summed E-state index contributed by atoms with van der Waals surface area (Å²) < 4.78 is 78.9. The Morgan fingerprint density at radius 2 is 1.73 bits per heavy atom. The van der Waals surface area contributed by atoms with Gasteiger partial charge in [-0.3, -0.25) is 9.48 Å². The number of benzene rings is 1. The first-order chi connectivity index (χ1) is 13.9. The lowest BCUT2D eigenvalue weighted by Gasteiger charge is -2.18. The van der Waals surface area contributed by atoms with Crippen molar-refractivity contribution in [3.63, 3.8) is 0 Å². The fourth-order valence-electron chi connectivity index (χ4n) is 2.90. The van der Waals surface area contributed by atoms with Gasteiger partial charge in [-0.15, -0.1) is 0 Å². The van der Waals surface area contributed by atoms with Gasteiger partial charge in [0.05, 0.1) is 18.8 Å². The van der Waals surface area contributed by atoms with Crippen LogP contribution in [0.2, 0.25) is 0 Å². The maximum absolute atomic E-state index is 13.3. The maximum atomic E-state index is 13.3. The Bertz CT molecular complexity index is 996. The molecular formula is C17H15F6N5O2. The van der Waals surface area contributed by atoms with Crippen LogP contribution < -0.4 is 10.6 Å². The van der Waals surface area contributed by atoms with Gasteiger partial charge in [-0.25, -0.2) is 18.0 Å². The van der Waals surface area contributed by atoms with E-state index in [9.17, 15) is 35.9 Å². The van der Waals surface area contributed by atoms with E-state index in [-0.39, 0.29) is 30.0 Å². The summed E-state index contributed by atoms with van der Waals surface area (Å²) in [4.78, 5) is 25.8. The molecule has 1 aromatic heterocycles. The van der Waals surface area contributed by atoms with Gasteiger partial charge >= 0.3 is 12.2 Å². The fraction of sp³-hybridized carbons (Fsp3) is 0.353. The second-order valence-corrected chi connectivity index (χ2v) is 6.67. The summed E-state index contributed by atoms with van der Waals surface area (Å²) in [6.07, 6.45) is -4.64. The molecule has 0 radical (unpaired) electrons. The Hall–Kier alpha value is -3.25. The van der Waals surface area contributed by atoms with E-state index in [4.69, 9.17) is 0 Å². The Morgan fingerprint density at radius 1 is 1.13 bits per heavy atom. The normalized spacial score (nSPS) is 14.5. The van der Waals surface area contributed by atoms with E-state index >= 15 is 0 Å². The van der Waals surface area contributed by atoms with Crippen molar-refractivity contribution in [2.75, 3.05) is 5.32 Å². The van der Waals surface area contributed by atoms with Crippen LogP contribution in [0.25, 0.3) is 0 Å². The zero-order chi connectivity index (χ0) is 22.4. The van der Waals surface area contributed by atoms with Gasteiger partial charge in [-0.1, -0.05) is 0 Å². The van der Waals surface area contributed by atoms with E-state index < -0.39 is 41.6 Å². The molecule has 3 rings (SSSR count). The zero-order valence-corrected chi connectivity index (χ0v) is 15.6. The molecule has 0 aliphatic carbocycles. The average molecular weight is 435 g/mol. The summed E-state index contributed by atoms with van der Waals surface area (Å²) in [6.45, 7) is 0.547. The molecule has 30 heavy (non-hydrogen) atoms. The van der Waals surface area contributed by atoms with Crippen molar-refractivity contribution in [2.24, 2.45) is 7.05 Å². The predicted molar refractivity (Wildman–Crippen MR) is 90.8 cm³/mol. The number of nitrogens with one attached hydrogen (secondary N) is 2. The molecule has 1 aliphatic rings. The Balaban J connectivity index is 1.74. The first-order valence-electron chi connectivity index (χ1n) is 8.51. The molecule has 2 aromatic rings. The SMILES string of the molecule is C[C@@H](NC(=O)c1nn(C)c2c1CN(C(=O)Nc1cc(F)c(F)c(F)c1)C2)C(F)(F)F. The van der Waals surface area contributed by atoms with Crippen LogP contribution in [0.1, 0.15) is 28.7 Å². The number of carbonyl (C=O) groups excluding carboxylic acids is 2. The zero-order valence-electron chi connectivity index (χ0n) is 15.6. The van der Waals surface area contributed by atoms with Crippen molar-refractivity contribution < 1.29 is 35.9 Å². The summed E-state index contributed by atoms with van der Waals surface area (Å²) in [6, 6.07) is -1.73. The maximum Gasteiger partial charge on any atom is 0.408 e. The number of hydrogen-bond acceptors (Lipinski definition) is 3. The highest BCUT2D eigenvalue weighted by atomic mass is 19.4. The third-order valence-electron chi connectivity index (χ3n) is 4.54. The number of aromatic nitrogens is 2. The molecule has 2 heterocycles. The number of hydrogen-bond donors (Lipinski definition) is 2. The lowest BCUT2D eigenvalue weighted by atomic mass is 10.2. The van der Waals surface area contributed by atoms with E-state index in [1.807, 2.05) is 0 Å². The summed E-state index contributed by atoms with van der Waals surface area (Å²) >= 11 is 0. The molecule has 0 bridgehead atoms. The van der Waals surface area contributed by atoms with Gasteiger partial charge in [0, 0.05) is 30.4 Å². The number of alkyl halides is 3. The molecule has 0 saturated heterocycles. The molecule has 0 unspecified atom stereocenters. The van der Waals surface area contributed by atoms with Crippen molar-refractivity contribution >= 4 is 17.6 Å². The molecule has 1 aliphatic heterocycles. The van der Waals surface area contributed by atoms with Crippen LogP contribution in [0, 0.1) is 17.5 Å². The number of aryl methyl sites for hydroxylation is 1. The third-order valence-corrected chi connectivity index (χ3v) is 4.54. The van der Waals surface area contributed by atoms with Crippen LogP contribution in [0.5, 0.6) is 0 Å². The van der Waals surface area contributed by atoms with Gasteiger partial charge in [0.15, 0.2) is 23.1 Å². The quantitative estimate of drug-likeness (QED) is 0.575. The van der Waals surface area contributed by atoms with Gasteiger partial charge in [0.2, 0.25) is 0 Å². The van der Waals surface area contributed by atoms with Crippen molar-refractivity contribution in [2.45, 2.75) is 32.2 Å². The second-order valence-electron chi connectivity index (χ2n) is 6.67. The first-order valence-corrected chi connectivity index (χ1v) is 8.51. The smallest absolute Gasteiger partial charge is 0.339 e. The highest BCUT2D eigenvalue weighted by Gasteiger charge is 2.39. The fourth-order valence-corrected chi connectivity index (χ4v) is 2.90. The molecule has 1 aromatic carbocycles. The summed E-state index contributed by atoms with van der Waals surface area (Å²) in [5, 5.41) is 7.92. The van der Waals surface area contributed by atoms with E-state index in [0.717, 1.165) is 11.8 Å². The lowest BCUT2D eigenvalue weighted by Crippen LogP contribution is -2.43. The van der Waals surface area contributed by atoms with E-state index in [2.05, 4.69) is 10.4 Å². The van der Waals surface area contributed by atoms with Crippen LogP contribution in [-0.2, 0) is 20.1 Å². The van der Waals surface area contributed by atoms with Crippen molar-refractivity contribution in [1.29, 1.82) is 0 Å². The minimum absolute atomic E-state index is 0.0566. The molecular weight excluding hydrogens is 420 g/mol. The van der Waals surface area contributed by atoms with Gasteiger partial charge in [-0.05, 0) is 6.92 Å². The van der Waals surface area contributed by atoms with Gasteiger partial charge in [0.1, 0.15) is 6.04 Å². The largest absolute Gasteiger partial charge is 0.408 e. The molecule has 1 atom stereocenters. The Labute approximate surface area is 165 Å². The molecule has 0 spiro atoms. The minimum Gasteiger partial charge on any atom is -0.339 e. The van der Waals surface area contributed by atoms with E-state index in [0.29, 0.717) is 17.8 Å². The Kier molecular flexibility index (Phi) is 5.39. The number of carbonyl (C=O) groups is 2. The van der Waals surface area contributed by atoms with Gasteiger partial charge < -0.3 is 15.5 Å². The summed E-state index contributed by atoms with van der Waals surface area (Å²) in [5.74, 6) is -5.72. The molecule has 3 amide bonds. The molecule has 0 saturated carbocycles. The first kappa shape index (κ1) is 21.5. The van der Waals surface area contributed by atoms with E-state index in [1.165, 1.54) is 11.7 Å². The van der Waals surface area contributed by atoms with Crippen LogP contribution in [0.3, 0.4) is 0 Å².